The molecule has 0 unspecified atom stereocenters. The Balaban J connectivity index is 1.33. The van der Waals surface area contributed by atoms with Gasteiger partial charge in [-0.15, -0.1) is 0 Å². The van der Waals surface area contributed by atoms with Crippen LogP contribution in [0.2, 0.25) is 0 Å². The zero-order valence-corrected chi connectivity index (χ0v) is 19.4. The molecular weight excluding hydrogens is 481 g/mol. The average Bonchev–Trinajstić information content (AvgIpc) is 3.57. The molecule has 0 bridgehead atoms. The highest BCUT2D eigenvalue weighted by Crippen LogP contribution is 2.33. The number of nitrogens with two attached hydrogens (primary N) is 1. The predicted octanol–water partition coefficient (Wildman–Crippen LogP) is 6.04. The summed E-state index contributed by atoms with van der Waals surface area (Å²) in [5.74, 6) is 0.620. The standard InChI is InChI=1S/C27H19F3N6O/c1-14-33-22-8-6-19(12-23(22)34-14)36-26(31)20(13-32-36)25(37)24-11-17-9-16(5-7-21(17)35-24)15-3-2-4-18(10-15)27(28,29)30/h2-13,35H,31H2,1H3,(H,33,34). The molecule has 0 radical (unpaired) electrons. The van der Waals surface area contributed by atoms with Crippen LogP contribution in [0.4, 0.5) is 19.0 Å². The molecular formula is C27H19F3N6O. The second kappa shape index (κ2) is 8.09. The van der Waals surface area contributed by atoms with Gasteiger partial charge >= 0.3 is 6.18 Å². The number of nitrogens with one attached hydrogen (secondary N) is 2. The number of nitrogens with zero attached hydrogens (tertiary/aromatic N) is 3. The lowest BCUT2D eigenvalue weighted by atomic mass is 10.0. The van der Waals surface area contributed by atoms with Crippen LogP contribution in [0, 0.1) is 6.92 Å². The molecule has 37 heavy (non-hydrogen) atoms. The number of benzene rings is 3. The van der Waals surface area contributed by atoms with Gasteiger partial charge < -0.3 is 15.7 Å². The van der Waals surface area contributed by atoms with Crippen LogP contribution in [-0.4, -0.2) is 30.5 Å². The first-order chi connectivity index (χ1) is 17.7. The Morgan fingerprint density at radius 1 is 0.946 bits per heavy atom. The van der Waals surface area contributed by atoms with Gasteiger partial charge in [0.15, 0.2) is 0 Å². The number of rotatable bonds is 4. The fourth-order valence-electron chi connectivity index (χ4n) is 4.45. The number of ketones is 1. The molecule has 0 aliphatic heterocycles. The van der Waals surface area contributed by atoms with Gasteiger partial charge in [-0.2, -0.15) is 18.3 Å². The zero-order valence-electron chi connectivity index (χ0n) is 19.4. The summed E-state index contributed by atoms with van der Waals surface area (Å²) >= 11 is 0. The van der Waals surface area contributed by atoms with Crippen molar-refractivity contribution in [2.75, 3.05) is 5.73 Å². The number of aromatic amines is 2. The van der Waals surface area contributed by atoms with Gasteiger partial charge in [0.25, 0.3) is 0 Å². The van der Waals surface area contributed by atoms with E-state index in [1.54, 1.807) is 30.3 Å². The number of H-pyrrole nitrogens is 2. The number of carbonyl (C=O) groups is 1. The molecule has 0 atom stereocenters. The van der Waals surface area contributed by atoms with Crippen LogP contribution in [0.3, 0.4) is 0 Å². The average molecular weight is 500 g/mol. The minimum Gasteiger partial charge on any atom is -0.383 e. The first kappa shape index (κ1) is 22.6. The van der Waals surface area contributed by atoms with Crippen LogP contribution < -0.4 is 5.73 Å². The quantitative estimate of drug-likeness (QED) is 0.257. The third kappa shape index (κ3) is 3.92. The van der Waals surface area contributed by atoms with Crippen molar-refractivity contribution < 1.29 is 18.0 Å². The molecule has 0 amide bonds. The Morgan fingerprint density at radius 2 is 1.76 bits per heavy atom. The van der Waals surface area contributed by atoms with Crippen molar-refractivity contribution in [3.8, 4) is 16.8 Å². The van der Waals surface area contributed by atoms with E-state index in [-0.39, 0.29) is 17.2 Å². The number of halogens is 3. The maximum Gasteiger partial charge on any atom is 0.416 e. The summed E-state index contributed by atoms with van der Waals surface area (Å²) in [4.78, 5) is 23.9. The van der Waals surface area contributed by atoms with Crippen molar-refractivity contribution in [2.24, 2.45) is 0 Å². The van der Waals surface area contributed by atoms with Crippen molar-refractivity contribution >= 4 is 33.5 Å². The molecule has 0 saturated carbocycles. The predicted molar refractivity (Wildman–Crippen MR) is 135 cm³/mol. The van der Waals surface area contributed by atoms with Gasteiger partial charge in [0.05, 0.1) is 39.7 Å². The van der Waals surface area contributed by atoms with Gasteiger partial charge in [-0.3, -0.25) is 4.79 Å². The van der Waals surface area contributed by atoms with Gasteiger partial charge in [0, 0.05) is 10.9 Å². The van der Waals surface area contributed by atoms with Crippen molar-refractivity contribution in [3.05, 3.63) is 95.6 Å². The SMILES string of the molecule is Cc1nc2ccc(-n3ncc(C(=O)c4cc5cc(-c6cccc(C(F)(F)F)c6)ccc5[nH]4)c3N)cc2[nH]1. The summed E-state index contributed by atoms with van der Waals surface area (Å²) in [5.41, 5.74) is 10.1. The van der Waals surface area contributed by atoms with E-state index in [4.69, 9.17) is 5.73 Å². The number of hydrogen-bond donors (Lipinski definition) is 3. The van der Waals surface area contributed by atoms with Crippen LogP contribution in [0.25, 0.3) is 38.8 Å². The van der Waals surface area contributed by atoms with Gasteiger partial charge in [-0.1, -0.05) is 18.2 Å². The zero-order chi connectivity index (χ0) is 25.9. The first-order valence-electron chi connectivity index (χ1n) is 11.3. The number of alkyl halides is 3. The number of fused-ring (bicyclic) bond motifs is 2. The molecule has 10 heteroatoms. The second-order valence-corrected chi connectivity index (χ2v) is 8.77. The molecule has 3 aromatic heterocycles. The lowest BCUT2D eigenvalue weighted by molar-refractivity contribution is -0.137. The Labute approximate surface area is 207 Å². The monoisotopic (exact) mass is 500 g/mol. The highest BCUT2D eigenvalue weighted by Gasteiger charge is 2.30. The summed E-state index contributed by atoms with van der Waals surface area (Å²) in [7, 11) is 0. The summed E-state index contributed by atoms with van der Waals surface area (Å²) in [6.07, 6.45) is -3.01. The Bertz CT molecular complexity index is 1830. The normalized spacial score (nSPS) is 12.0. The number of nitrogen functional groups attached to an aromatic ring is 1. The minimum absolute atomic E-state index is 0.184. The van der Waals surface area contributed by atoms with Crippen LogP contribution in [0.15, 0.2) is 72.9 Å². The number of carbonyl (C=O) groups excluding carboxylic acids is 1. The topological polar surface area (TPSA) is 105 Å². The summed E-state index contributed by atoms with van der Waals surface area (Å²) in [6.45, 7) is 1.86. The van der Waals surface area contributed by atoms with Gasteiger partial charge in [0.1, 0.15) is 11.6 Å². The molecule has 0 aliphatic carbocycles. The molecule has 4 N–H and O–H groups in total. The van der Waals surface area contributed by atoms with E-state index < -0.39 is 11.7 Å². The third-order valence-corrected chi connectivity index (χ3v) is 6.27. The maximum absolute atomic E-state index is 13.3. The van der Waals surface area contributed by atoms with Crippen LogP contribution in [0.5, 0.6) is 0 Å². The molecule has 0 aliphatic rings. The van der Waals surface area contributed by atoms with Crippen LogP contribution >= 0.6 is 0 Å². The summed E-state index contributed by atoms with van der Waals surface area (Å²) < 4.78 is 40.9. The Morgan fingerprint density at radius 3 is 2.57 bits per heavy atom. The molecule has 0 saturated heterocycles. The fraction of sp³-hybridized carbons (Fsp3) is 0.0741. The Hall–Kier alpha value is -4.86. The van der Waals surface area contributed by atoms with Crippen molar-refractivity contribution in [1.29, 1.82) is 0 Å². The number of aromatic nitrogens is 5. The number of imidazole rings is 1. The summed E-state index contributed by atoms with van der Waals surface area (Å²) in [6, 6.07) is 17.5. The van der Waals surface area contributed by atoms with Gasteiger partial charge in [0.2, 0.25) is 5.78 Å². The van der Waals surface area contributed by atoms with E-state index >= 15 is 0 Å². The van der Waals surface area contributed by atoms with Crippen LogP contribution in [-0.2, 0) is 6.18 Å². The molecule has 6 rings (SSSR count). The number of hydrogen-bond acceptors (Lipinski definition) is 4. The molecule has 184 valence electrons. The van der Waals surface area contributed by atoms with E-state index in [0.717, 1.165) is 29.0 Å². The molecule has 3 aromatic carbocycles. The van der Waals surface area contributed by atoms with Crippen molar-refractivity contribution in [3.63, 3.8) is 0 Å². The minimum atomic E-state index is -4.43. The van der Waals surface area contributed by atoms with Crippen molar-refractivity contribution in [2.45, 2.75) is 13.1 Å². The summed E-state index contributed by atoms with van der Waals surface area (Å²) in [5, 5.41) is 5.00. The highest BCUT2D eigenvalue weighted by atomic mass is 19.4. The number of aryl methyl sites for hydroxylation is 1. The highest BCUT2D eigenvalue weighted by molar-refractivity contribution is 6.12. The van der Waals surface area contributed by atoms with Gasteiger partial charge in [-0.05, 0) is 66.6 Å². The molecule has 6 aromatic rings. The smallest absolute Gasteiger partial charge is 0.383 e. The van der Waals surface area contributed by atoms with Crippen LogP contribution in [0.1, 0.15) is 27.4 Å². The maximum atomic E-state index is 13.3. The molecule has 7 nitrogen and oxygen atoms in total. The van der Waals surface area contributed by atoms with E-state index in [1.807, 2.05) is 25.1 Å². The third-order valence-electron chi connectivity index (χ3n) is 6.27. The lowest BCUT2D eigenvalue weighted by Gasteiger charge is -2.09. The number of anilines is 1. The van der Waals surface area contributed by atoms with Crippen molar-refractivity contribution in [1.82, 2.24) is 24.7 Å². The molecule has 3 heterocycles. The largest absolute Gasteiger partial charge is 0.416 e. The van der Waals surface area contributed by atoms with E-state index in [2.05, 4.69) is 20.1 Å². The first-order valence-corrected chi connectivity index (χ1v) is 11.3. The second-order valence-electron chi connectivity index (χ2n) is 8.77. The van der Waals surface area contributed by atoms with E-state index in [0.29, 0.717) is 33.4 Å². The van der Waals surface area contributed by atoms with Gasteiger partial charge in [-0.25, -0.2) is 9.67 Å². The van der Waals surface area contributed by atoms with E-state index in [9.17, 15) is 18.0 Å². The molecule has 0 spiro atoms. The van der Waals surface area contributed by atoms with E-state index in [1.165, 1.54) is 16.9 Å². The fourth-order valence-corrected chi connectivity index (χ4v) is 4.45. The Kier molecular flexibility index (Phi) is 4.94. The molecule has 0 fully saturated rings. The lowest BCUT2D eigenvalue weighted by Crippen LogP contribution is -2.07.